The average Bonchev–Trinajstić information content (AvgIpc) is 2.93. The molecule has 0 spiro atoms. The van der Waals surface area contributed by atoms with Crippen molar-refractivity contribution in [1.29, 1.82) is 5.26 Å². The molecule has 7 nitrogen and oxygen atoms in total. The number of aryl methyl sites for hydroxylation is 1. The lowest BCUT2D eigenvalue weighted by molar-refractivity contribution is 0.627. The number of hydrogen-bond donors (Lipinski definition) is 3. The first-order chi connectivity index (χ1) is 12.5. The number of nitrogens with two attached hydrogens (primary N) is 1. The largest absolute Gasteiger partial charge is 0.382 e. The topological polar surface area (TPSA) is 104 Å². The number of nitrogens with zero attached hydrogens (tertiary/aromatic N) is 4. The van der Waals surface area contributed by atoms with E-state index in [1.54, 1.807) is 19.2 Å². The zero-order chi connectivity index (χ0) is 19.1. The molecule has 0 aliphatic rings. The smallest absolute Gasteiger partial charge is 0.191 e. The van der Waals surface area contributed by atoms with Crippen molar-refractivity contribution in [3.8, 4) is 11.8 Å². The standard InChI is InChI=1S/C18H24FN7.HI/c1-12(2)24-18(22-3)23-10-4-5-16-15(11-20)17(21)26(25-16)14-8-6-13(19)7-9-14;/h6-9,12H,4-5,10,21H2,1-3H3,(H2,22,23,24);1H. The van der Waals surface area contributed by atoms with Crippen LogP contribution in [0, 0.1) is 17.1 Å². The second-order valence-corrected chi connectivity index (χ2v) is 6.11. The van der Waals surface area contributed by atoms with E-state index in [4.69, 9.17) is 5.73 Å². The molecule has 0 aliphatic carbocycles. The summed E-state index contributed by atoms with van der Waals surface area (Å²) >= 11 is 0. The van der Waals surface area contributed by atoms with E-state index in [1.807, 2.05) is 13.8 Å². The lowest BCUT2D eigenvalue weighted by Gasteiger charge is -2.14. The van der Waals surface area contributed by atoms with Crippen LogP contribution in [0.2, 0.25) is 0 Å². The number of nitrogens with one attached hydrogen (secondary N) is 2. The van der Waals surface area contributed by atoms with E-state index in [9.17, 15) is 9.65 Å². The van der Waals surface area contributed by atoms with Gasteiger partial charge in [0.25, 0.3) is 0 Å². The molecule has 0 saturated carbocycles. The van der Waals surface area contributed by atoms with Crippen LogP contribution in [-0.2, 0) is 6.42 Å². The Hall–Kier alpha value is -2.35. The Balaban J connectivity index is 0.00000364. The molecule has 146 valence electrons. The third-order valence-corrected chi connectivity index (χ3v) is 3.71. The van der Waals surface area contributed by atoms with E-state index < -0.39 is 0 Å². The maximum absolute atomic E-state index is 13.1. The normalized spacial score (nSPS) is 11.0. The molecule has 2 aromatic rings. The highest BCUT2D eigenvalue weighted by Gasteiger charge is 2.16. The van der Waals surface area contributed by atoms with Crippen molar-refractivity contribution < 1.29 is 4.39 Å². The number of nitrogen functional groups attached to an aromatic ring is 1. The molecule has 0 unspecified atom stereocenters. The third-order valence-electron chi connectivity index (χ3n) is 3.71. The Kier molecular flexibility index (Phi) is 9.00. The fourth-order valence-corrected chi connectivity index (χ4v) is 2.48. The van der Waals surface area contributed by atoms with Gasteiger partial charge in [0.1, 0.15) is 23.3 Å². The molecule has 0 fully saturated rings. The van der Waals surface area contributed by atoms with E-state index in [0.29, 0.717) is 29.9 Å². The van der Waals surface area contributed by atoms with Crippen molar-refractivity contribution in [2.45, 2.75) is 32.7 Å². The highest BCUT2D eigenvalue weighted by Crippen LogP contribution is 2.21. The van der Waals surface area contributed by atoms with Gasteiger partial charge in [0, 0.05) is 19.6 Å². The predicted octanol–water partition coefficient (Wildman–Crippen LogP) is 2.59. The molecular weight excluding hydrogens is 460 g/mol. The van der Waals surface area contributed by atoms with Gasteiger partial charge in [-0.3, -0.25) is 4.99 Å². The second-order valence-electron chi connectivity index (χ2n) is 6.11. The van der Waals surface area contributed by atoms with Crippen LogP contribution in [0.3, 0.4) is 0 Å². The highest BCUT2D eigenvalue weighted by atomic mass is 127. The summed E-state index contributed by atoms with van der Waals surface area (Å²) in [6.07, 6.45) is 1.35. The lowest BCUT2D eigenvalue weighted by Crippen LogP contribution is -2.41. The van der Waals surface area contributed by atoms with E-state index in [1.165, 1.54) is 16.8 Å². The Bertz CT molecular complexity index is 806. The van der Waals surface area contributed by atoms with Gasteiger partial charge in [0.2, 0.25) is 0 Å². The summed E-state index contributed by atoms with van der Waals surface area (Å²) in [7, 11) is 1.72. The minimum absolute atomic E-state index is 0. The molecule has 2 rings (SSSR count). The molecule has 1 aromatic carbocycles. The summed E-state index contributed by atoms with van der Waals surface area (Å²) < 4.78 is 14.6. The number of halogens is 2. The monoisotopic (exact) mass is 485 g/mol. The zero-order valence-electron chi connectivity index (χ0n) is 15.7. The molecule has 0 amide bonds. The zero-order valence-corrected chi connectivity index (χ0v) is 18.0. The first kappa shape index (κ1) is 22.7. The van der Waals surface area contributed by atoms with Gasteiger partial charge in [-0.05, 0) is 51.0 Å². The average molecular weight is 485 g/mol. The Morgan fingerprint density at radius 2 is 2.04 bits per heavy atom. The van der Waals surface area contributed by atoms with Crippen LogP contribution < -0.4 is 16.4 Å². The molecule has 0 bridgehead atoms. The van der Waals surface area contributed by atoms with E-state index >= 15 is 0 Å². The van der Waals surface area contributed by atoms with Crippen LogP contribution in [0.4, 0.5) is 10.2 Å². The van der Waals surface area contributed by atoms with Crippen LogP contribution >= 0.6 is 24.0 Å². The van der Waals surface area contributed by atoms with E-state index in [-0.39, 0.29) is 41.7 Å². The molecule has 27 heavy (non-hydrogen) atoms. The number of nitriles is 1. The van der Waals surface area contributed by atoms with Crippen LogP contribution in [-0.4, -0.2) is 35.4 Å². The van der Waals surface area contributed by atoms with Gasteiger partial charge >= 0.3 is 0 Å². The number of anilines is 1. The minimum atomic E-state index is -0.338. The summed E-state index contributed by atoms with van der Waals surface area (Å²) in [4.78, 5) is 4.14. The molecule has 4 N–H and O–H groups in total. The molecule has 1 heterocycles. The molecule has 1 aromatic heterocycles. The molecule has 0 saturated heterocycles. The van der Waals surface area contributed by atoms with Gasteiger partial charge in [0.15, 0.2) is 5.96 Å². The summed E-state index contributed by atoms with van der Waals surface area (Å²) in [5.74, 6) is 0.658. The van der Waals surface area contributed by atoms with Gasteiger partial charge in [0.05, 0.1) is 11.4 Å². The number of guanidine groups is 1. The molecule has 0 atom stereocenters. The van der Waals surface area contributed by atoms with Gasteiger partial charge < -0.3 is 16.4 Å². The summed E-state index contributed by atoms with van der Waals surface area (Å²) in [6, 6.07) is 8.22. The summed E-state index contributed by atoms with van der Waals surface area (Å²) in [5.41, 5.74) is 7.66. The minimum Gasteiger partial charge on any atom is -0.382 e. The second kappa shape index (κ2) is 10.7. The summed E-state index contributed by atoms with van der Waals surface area (Å²) in [6.45, 7) is 4.76. The number of aromatic nitrogens is 2. The SMILES string of the molecule is CN=C(NCCCc1nn(-c2ccc(F)cc2)c(N)c1C#N)NC(C)C.I. The molecule has 9 heteroatoms. The number of hydrogen-bond acceptors (Lipinski definition) is 4. The highest BCUT2D eigenvalue weighted by molar-refractivity contribution is 14.0. The van der Waals surface area contributed by atoms with Crippen molar-refractivity contribution in [1.82, 2.24) is 20.4 Å². The van der Waals surface area contributed by atoms with Gasteiger partial charge in [-0.15, -0.1) is 24.0 Å². The van der Waals surface area contributed by atoms with Crippen LogP contribution in [0.25, 0.3) is 5.69 Å². The number of benzene rings is 1. The van der Waals surface area contributed by atoms with Gasteiger partial charge in [-0.2, -0.15) is 10.4 Å². The maximum atomic E-state index is 13.1. The maximum Gasteiger partial charge on any atom is 0.191 e. The van der Waals surface area contributed by atoms with Crippen molar-refractivity contribution in [2.75, 3.05) is 19.3 Å². The van der Waals surface area contributed by atoms with E-state index in [2.05, 4.69) is 26.8 Å². The molecular formula is C18H25FIN7. The van der Waals surface area contributed by atoms with Crippen molar-refractivity contribution in [2.24, 2.45) is 4.99 Å². The first-order valence-electron chi connectivity index (χ1n) is 8.46. The number of aliphatic imine (C=N–C) groups is 1. The van der Waals surface area contributed by atoms with Crippen molar-refractivity contribution >= 4 is 35.8 Å². The van der Waals surface area contributed by atoms with Crippen LogP contribution in [0.5, 0.6) is 0 Å². The predicted molar refractivity (Wildman–Crippen MR) is 116 cm³/mol. The fourth-order valence-electron chi connectivity index (χ4n) is 2.48. The lowest BCUT2D eigenvalue weighted by atomic mass is 10.1. The fraction of sp³-hybridized carbons (Fsp3) is 0.389. The van der Waals surface area contributed by atoms with Gasteiger partial charge in [-0.1, -0.05) is 0 Å². The molecule has 0 aliphatic heterocycles. The third kappa shape index (κ3) is 6.09. The van der Waals surface area contributed by atoms with Crippen LogP contribution in [0.15, 0.2) is 29.3 Å². The van der Waals surface area contributed by atoms with Crippen molar-refractivity contribution in [3.63, 3.8) is 0 Å². The Morgan fingerprint density at radius 1 is 1.37 bits per heavy atom. The first-order valence-corrected chi connectivity index (χ1v) is 8.46. The quantitative estimate of drug-likeness (QED) is 0.253. The van der Waals surface area contributed by atoms with E-state index in [0.717, 1.165) is 12.4 Å². The van der Waals surface area contributed by atoms with Crippen molar-refractivity contribution in [3.05, 3.63) is 41.3 Å². The Labute approximate surface area is 175 Å². The van der Waals surface area contributed by atoms with Gasteiger partial charge in [-0.25, -0.2) is 9.07 Å². The van der Waals surface area contributed by atoms with Crippen LogP contribution in [0.1, 0.15) is 31.5 Å². The molecule has 0 radical (unpaired) electrons. The number of rotatable bonds is 6. The Morgan fingerprint density at radius 3 is 2.59 bits per heavy atom. The summed E-state index contributed by atoms with van der Waals surface area (Å²) in [5, 5.41) is 20.3.